The zero-order valence-corrected chi connectivity index (χ0v) is 11.1. The number of benzene rings is 2. The van der Waals surface area contributed by atoms with Gasteiger partial charge in [0.25, 0.3) is 0 Å². The van der Waals surface area contributed by atoms with E-state index in [9.17, 15) is 9.65 Å². The quantitative estimate of drug-likeness (QED) is 0.611. The smallest absolute Gasteiger partial charge is 0.126 e. The van der Waals surface area contributed by atoms with Crippen LogP contribution in [-0.4, -0.2) is 6.61 Å². The number of nitriles is 1. The van der Waals surface area contributed by atoms with Crippen molar-refractivity contribution in [3.05, 3.63) is 65.5 Å². The number of hydrogen-bond donors (Lipinski definition) is 0. The van der Waals surface area contributed by atoms with E-state index in [4.69, 9.17) is 4.74 Å². The maximum atomic E-state index is 13.2. The molecule has 0 aromatic heterocycles. The number of nitrogens with zero attached hydrogens (tertiary/aromatic N) is 1. The molecule has 2 rings (SSSR count). The first-order valence-electron chi connectivity index (χ1n) is 6.34. The molecule has 0 aliphatic rings. The van der Waals surface area contributed by atoms with E-state index in [0.717, 1.165) is 5.56 Å². The van der Waals surface area contributed by atoms with Crippen LogP contribution in [0.2, 0.25) is 0 Å². The molecule has 0 aliphatic carbocycles. The van der Waals surface area contributed by atoms with Gasteiger partial charge >= 0.3 is 0 Å². The molecule has 0 unspecified atom stereocenters. The van der Waals surface area contributed by atoms with E-state index in [0.29, 0.717) is 23.5 Å². The fourth-order valence-electron chi connectivity index (χ4n) is 1.88. The Morgan fingerprint density at radius 1 is 1.25 bits per heavy atom. The molecule has 0 saturated carbocycles. The van der Waals surface area contributed by atoms with Crippen molar-refractivity contribution in [3.63, 3.8) is 0 Å². The van der Waals surface area contributed by atoms with Gasteiger partial charge in [0.15, 0.2) is 0 Å². The Kier molecular flexibility index (Phi) is 4.52. The Morgan fingerprint density at radius 2 is 2.05 bits per heavy atom. The van der Waals surface area contributed by atoms with Crippen LogP contribution in [0.5, 0.6) is 5.75 Å². The Labute approximate surface area is 117 Å². The first kappa shape index (κ1) is 13.8. The van der Waals surface area contributed by atoms with Gasteiger partial charge in [-0.1, -0.05) is 30.3 Å². The van der Waals surface area contributed by atoms with E-state index >= 15 is 0 Å². The van der Waals surface area contributed by atoms with Crippen molar-refractivity contribution in [1.82, 2.24) is 0 Å². The molecule has 0 heterocycles. The zero-order chi connectivity index (χ0) is 14.4. The standard InChI is InChI=1S/C17H14FNO/c1-2-20-17-9-4-3-6-14(17)10-15(12-19)13-7-5-8-16(18)11-13/h3-11H,2H2,1H3/b15-10-. The number of ether oxygens (including phenoxy) is 1. The predicted octanol–water partition coefficient (Wildman–Crippen LogP) is 4.29. The van der Waals surface area contributed by atoms with Crippen molar-refractivity contribution in [2.45, 2.75) is 6.92 Å². The minimum atomic E-state index is -0.359. The third-order valence-electron chi connectivity index (χ3n) is 2.77. The summed E-state index contributed by atoms with van der Waals surface area (Å²) in [5.74, 6) is 0.348. The summed E-state index contributed by atoms with van der Waals surface area (Å²) in [5.41, 5.74) is 1.76. The van der Waals surface area contributed by atoms with E-state index in [1.54, 1.807) is 18.2 Å². The van der Waals surface area contributed by atoms with Gasteiger partial charge in [-0.05, 0) is 36.8 Å². The molecule has 0 fully saturated rings. The van der Waals surface area contributed by atoms with Crippen LogP contribution >= 0.6 is 0 Å². The number of para-hydroxylation sites is 1. The molecule has 0 bridgehead atoms. The van der Waals surface area contributed by atoms with Crippen molar-refractivity contribution >= 4 is 11.6 Å². The summed E-state index contributed by atoms with van der Waals surface area (Å²) in [4.78, 5) is 0. The second-order valence-electron chi connectivity index (χ2n) is 4.15. The third kappa shape index (κ3) is 3.24. The van der Waals surface area contributed by atoms with Gasteiger partial charge in [0.05, 0.1) is 18.2 Å². The summed E-state index contributed by atoms with van der Waals surface area (Å²) in [5, 5.41) is 9.27. The summed E-state index contributed by atoms with van der Waals surface area (Å²) in [6, 6.07) is 15.5. The summed E-state index contributed by atoms with van der Waals surface area (Å²) in [7, 11) is 0. The molecule has 0 radical (unpaired) electrons. The summed E-state index contributed by atoms with van der Waals surface area (Å²) in [6.07, 6.45) is 1.71. The fraction of sp³-hybridized carbons (Fsp3) is 0.118. The first-order valence-corrected chi connectivity index (χ1v) is 6.34. The molecule has 3 heteroatoms. The minimum Gasteiger partial charge on any atom is -0.493 e. The average Bonchev–Trinajstić information content (AvgIpc) is 2.46. The minimum absolute atomic E-state index is 0.359. The fourth-order valence-corrected chi connectivity index (χ4v) is 1.88. The monoisotopic (exact) mass is 267 g/mol. The molecule has 0 spiro atoms. The molecule has 0 amide bonds. The van der Waals surface area contributed by atoms with Gasteiger partial charge in [0, 0.05) is 5.56 Å². The molecule has 2 aromatic carbocycles. The lowest BCUT2D eigenvalue weighted by atomic mass is 10.0. The Bertz CT molecular complexity index is 671. The topological polar surface area (TPSA) is 33.0 Å². The number of allylic oxidation sites excluding steroid dienone is 1. The maximum Gasteiger partial charge on any atom is 0.126 e. The van der Waals surface area contributed by atoms with Crippen molar-refractivity contribution < 1.29 is 9.13 Å². The maximum absolute atomic E-state index is 13.2. The highest BCUT2D eigenvalue weighted by atomic mass is 19.1. The lowest BCUT2D eigenvalue weighted by Crippen LogP contribution is -1.93. The normalized spacial score (nSPS) is 10.9. The van der Waals surface area contributed by atoms with Crippen LogP contribution in [0.3, 0.4) is 0 Å². The van der Waals surface area contributed by atoms with Gasteiger partial charge in [0.1, 0.15) is 11.6 Å². The summed E-state index contributed by atoms with van der Waals surface area (Å²) < 4.78 is 18.8. The lowest BCUT2D eigenvalue weighted by Gasteiger charge is -2.07. The van der Waals surface area contributed by atoms with Gasteiger partial charge in [-0.2, -0.15) is 5.26 Å². The second-order valence-corrected chi connectivity index (χ2v) is 4.15. The highest BCUT2D eigenvalue weighted by Gasteiger charge is 2.05. The van der Waals surface area contributed by atoms with Crippen molar-refractivity contribution in [1.29, 1.82) is 5.26 Å². The largest absolute Gasteiger partial charge is 0.493 e. The van der Waals surface area contributed by atoms with E-state index in [1.807, 2.05) is 31.2 Å². The van der Waals surface area contributed by atoms with Crippen molar-refractivity contribution in [3.8, 4) is 11.8 Å². The highest BCUT2D eigenvalue weighted by Crippen LogP contribution is 2.24. The van der Waals surface area contributed by atoms with Gasteiger partial charge in [-0.3, -0.25) is 0 Å². The van der Waals surface area contributed by atoms with Crippen molar-refractivity contribution in [2.75, 3.05) is 6.61 Å². The molecule has 0 saturated heterocycles. The van der Waals surface area contributed by atoms with Crippen molar-refractivity contribution in [2.24, 2.45) is 0 Å². The van der Waals surface area contributed by atoms with Gasteiger partial charge in [-0.15, -0.1) is 0 Å². The molecule has 100 valence electrons. The summed E-state index contributed by atoms with van der Waals surface area (Å²) in [6.45, 7) is 2.45. The number of halogens is 1. The van der Waals surface area contributed by atoms with E-state index in [2.05, 4.69) is 6.07 Å². The van der Waals surface area contributed by atoms with Gasteiger partial charge in [-0.25, -0.2) is 4.39 Å². The van der Waals surface area contributed by atoms with Crippen LogP contribution in [0.15, 0.2) is 48.5 Å². The number of rotatable bonds is 4. The highest BCUT2D eigenvalue weighted by molar-refractivity contribution is 5.90. The van der Waals surface area contributed by atoms with Crippen LogP contribution in [0.4, 0.5) is 4.39 Å². The molecular formula is C17H14FNO. The van der Waals surface area contributed by atoms with Crippen LogP contribution in [0.25, 0.3) is 11.6 Å². The molecule has 20 heavy (non-hydrogen) atoms. The van der Waals surface area contributed by atoms with E-state index < -0.39 is 0 Å². The SMILES string of the molecule is CCOc1ccccc1/C=C(/C#N)c1cccc(F)c1. The Hall–Kier alpha value is -2.60. The average molecular weight is 267 g/mol. The van der Waals surface area contributed by atoms with Crippen LogP contribution in [0.1, 0.15) is 18.1 Å². The second kappa shape index (κ2) is 6.53. The Morgan fingerprint density at radius 3 is 2.75 bits per heavy atom. The van der Waals surface area contributed by atoms with Crippen LogP contribution in [-0.2, 0) is 0 Å². The summed E-state index contributed by atoms with van der Waals surface area (Å²) >= 11 is 0. The molecule has 2 aromatic rings. The molecule has 0 aliphatic heterocycles. The van der Waals surface area contributed by atoms with Gasteiger partial charge < -0.3 is 4.74 Å². The van der Waals surface area contributed by atoms with Gasteiger partial charge in [0.2, 0.25) is 0 Å². The molecule has 0 N–H and O–H groups in total. The van der Waals surface area contributed by atoms with E-state index in [-0.39, 0.29) is 5.82 Å². The first-order chi connectivity index (χ1) is 9.74. The van der Waals surface area contributed by atoms with Crippen LogP contribution < -0.4 is 4.74 Å². The predicted molar refractivity (Wildman–Crippen MR) is 77.5 cm³/mol. The van der Waals surface area contributed by atoms with Crippen LogP contribution in [0, 0.1) is 17.1 Å². The molecule has 0 atom stereocenters. The Balaban J connectivity index is 2.44. The lowest BCUT2D eigenvalue weighted by molar-refractivity contribution is 0.339. The molecular weight excluding hydrogens is 253 g/mol. The zero-order valence-electron chi connectivity index (χ0n) is 11.1. The van der Waals surface area contributed by atoms with E-state index in [1.165, 1.54) is 12.1 Å². The third-order valence-corrected chi connectivity index (χ3v) is 2.77. The molecule has 2 nitrogen and oxygen atoms in total. The number of hydrogen-bond acceptors (Lipinski definition) is 2.